The monoisotopic (exact) mass is 512 g/mol. The van der Waals surface area contributed by atoms with Gasteiger partial charge in [0, 0.05) is 38.4 Å². The van der Waals surface area contributed by atoms with E-state index in [1.807, 2.05) is 54.6 Å². The van der Waals surface area contributed by atoms with Crippen LogP contribution in [0.4, 0.5) is 0 Å². The molecule has 2 aromatic heterocycles. The van der Waals surface area contributed by atoms with Crippen LogP contribution in [0.3, 0.4) is 0 Å². The molecule has 40 heavy (non-hydrogen) atoms. The van der Waals surface area contributed by atoms with Crippen LogP contribution in [0.25, 0.3) is 55.0 Å². The number of rotatable bonds is 4. The number of aromatic nitrogens is 2. The maximum atomic E-state index is 13.7. The second kappa shape index (κ2) is 8.82. The summed E-state index contributed by atoms with van der Waals surface area (Å²) in [5.41, 5.74) is 7.88. The fraction of sp³-hybridized carbons (Fsp3) is 0. The summed E-state index contributed by atoms with van der Waals surface area (Å²) in [6.07, 6.45) is 0. The Kier molecular flexibility index (Phi) is 4.98. The smallest absolute Gasteiger partial charge is 0.195 e. The molecule has 0 unspecified atom stereocenters. The minimum absolute atomic E-state index is 0.0176. The van der Waals surface area contributed by atoms with Crippen molar-refractivity contribution in [3.8, 4) is 11.4 Å². The Labute approximate surface area is 231 Å². The lowest BCUT2D eigenvalue weighted by atomic mass is 10.0. The predicted octanol–water partition coefficient (Wildman–Crippen LogP) is 9.11. The lowest BCUT2D eigenvalue weighted by Gasteiger charge is -2.13. The number of hydrogen-bond donors (Lipinski definition) is 0. The Morgan fingerprint density at radius 1 is 0.425 bits per heavy atom. The molecular formula is C37H24N2O. The highest BCUT2D eigenvalue weighted by Crippen LogP contribution is 2.37. The molecule has 0 bridgehead atoms. The van der Waals surface area contributed by atoms with Crippen LogP contribution in [0, 0.1) is 0 Å². The van der Waals surface area contributed by atoms with Crippen molar-refractivity contribution in [2.45, 2.75) is 0 Å². The molecule has 0 saturated carbocycles. The van der Waals surface area contributed by atoms with Crippen molar-refractivity contribution in [1.29, 1.82) is 0 Å². The zero-order valence-electron chi connectivity index (χ0n) is 21.7. The Hall–Kier alpha value is -5.41. The summed E-state index contributed by atoms with van der Waals surface area (Å²) < 4.78 is 4.58. The maximum absolute atomic E-state index is 13.7. The fourth-order valence-electron chi connectivity index (χ4n) is 6.17. The van der Waals surface area contributed by atoms with E-state index in [-0.39, 0.29) is 5.78 Å². The van der Waals surface area contributed by atoms with Gasteiger partial charge < -0.3 is 9.13 Å². The first-order valence-corrected chi connectivity index (χ1v) is 13.5. The number of para-hydroxylation sites is 4. The largest absolute Gasteiger partial charge is 0.309 e. The summed E-state index contributed by atoms with van der Waals surface area (Å²) in [6.45, 7) is 0. The van der Waals surface area contributed by atoms with E-state index in [1.165, 1.54) is 21.8 Å². The summed E-state index contributed by atoms with van der Waals surface area (Å²) >= 11 is 0. The van der Waals surface area contributed by atoms with Crippen molar-refractivity contribution in [1.82, 2.24) is 9.13 Å². The van der Waals surface area contributed by atoms with E-state index in [4.69, 9.17) is 0 Å². The van der Waals surface area contributed by atoms with Gasteiger partial charge in [0.05, 0.1) is 27.8 Å². The van der Waals surface area contributed by atoms with Crippen molar-refractivity contribution < 1.29 is 4.79 Å². The van der Waals surface area contributed by atoms with E-state index in [9.17, 15) is 4.79 Å². The molecule has 6 aromatic carbocycles. The van der Waals surface area contributed by atoms with Gasteiger partial charge in [-0.15, -0.1) is 0 Å². The molecule has 0 saturated heterocycles. The van der Waals surface area contributed by atoms with E-state index in [1.54, 1.807) is 0 Å². The quantitative estimate of drug-likeness (QED) is 0.216. The maximum Gasteiger partial charge on any atom is 0.195 e. The molecule has 3 nitrogen and oxygen atoms in total. The molecule has 0 aliphatic rings. The number of ketones is 1. The highest BCUT2D eigenvalue weighted by atomic mass is 16.1. The first kappa shape index (κ1) is 22.6. The van der Waals surface area contributed by atoms with E-state index in [2.05, 4.69) is 100 Å². The third-order valence-electron chi connectivity index (χ3n) is 7.92. The van der Waals surface area contributed by atoms with Gasteiger partial charge in [0.2, 0.25) is 0 Å². The predicted molar refractivity (Wildman–Crippen MR) is 165 cm³/mol. The minimum Gasteiger partial charge on any atom is -0.309 e. The summed E-state index contributed by atoms with van der Waals surface area (Å²) in [6, 6.07) is 49.7. The average Bonchev–Trinajstić information content (AvgIpc) is 3.54. The standard InChI is InChI=1S/C37H24N2O/c40-37(25-12-2-1-3-13-25)30-17-7-11-21-35(30)39-34-20-10-6-16-29(34)31-24-26(22-23-36(31)39)38-32-18-8-4-14-27(32)28-15-5-9-19-33(28)38/h1-24H. The van der Waals surface area contributed by atoms with Crippen LogP contribution in [-0.4, -0.2) is 14.9 Å². The Morgan fingerprint density at radius 3 is 1.60 bits per heavy atom. The normalized spacial score (nSPS) is 11.6. The number of nitrogens with zero attached hydrogens (tertiary/aromatic N) is 2. The van der Waals surface area contributed by atoms with Crippen molar-refractivity contribution in [3.63, 3.8) is 0 Å². The second-order valence-electron chi connectivity index (χ2n) is 10.1. The molecule has 0 radical (unpaired) electrons. The van der Waals surface area contributed by atoms with Crippen LogP contribution >= 0.6 is 0 Å². The highest BCUT2D eigenvalue weighted by Gasteiger charge is 2.20. The Morgan fingerprint density at radius 2 is 0.925 bits per heavy atom. The highest BCUT2D eigenvalue weighted by molar-refractivity contribution is 6.15. The summed E-state index contributed by atoms with van der Waals surface area (Å²) in [7, 11) is 0. The summed E-state index contributed by atoms with van der Waals surface area (Å²) in [5.74, 6) is 0.0176. The van der Waals surface area contributed by atoms with Crippen molar-refractivity contribution in [2.24, 2.45) is 0 Å². The third kappa shape index (κ3) is 3.28. The Bertz CT molecular complexity index is 2180. The SMILES string of the molecule is O=C(c1ccccc1)c1ccccc1-n1c2ccccc2c2cc(-n3c4ccccc4c4ccccc43)ccc21. The third-order valence-corrected chi connectivity index (χ3v) is 7.92. The van der Waals surface area contributed by atoms with Crippen molar-refractivity contribution >= 4 is 49.4 Å². The van der Waals surface area contributed by atoms with Gasteiger partial charge in [-0.25, -0.2) is 0 Å². The molecule has 0 amide bonds. The van der Waals surface area contributed by atoms with Crippen LogP contribution in [0.5, 0.6) is 0 Å². The minimum atomic E-state index is 0.0176. The number of benzene rings is 6. The van der Waals surface area contributed by atoms with Gasteiger partial charge in [-0.3, -0.25) is 4.79 Å². The van der Waals surface area contributed by atoms with Crippen LogP contribution in [-0.2, 0) is 0 Å². The molecule has 0 aliphatic carbocycles. The molecule has 188 valence electrons. The van der Waals surface area contributed by atoms with E-state index < -0.39 is 0 Å². The van der Waals surface area contributed by atoms with Gasteiger partial charge in [-0.1, -0.05) is 97.1 Å². The van der Waals surface area contributed by atoms with Crippen molar-refractivity contribution in [3.05, 3.63) is 157 Å². The molecule has 8 aromatic rings. The zero-order chi connectivity index (χ0) is 26.6. The lowest BCUT2D eigenvalue weighted by molar-refractivity contribution is 0.103. The van der Waals surface area contributed by atoms with Gasteiger partial charge >= 0.3 is 0 Å². The van der Waals surface area contributed by atoms with E-state index >= 15 is 0 Å². The number of hydrogen-bond acceptors (Lipinski definition) is 1. The molecule has 0 fully saturated rings. The van der Waals surface area contributed by atoms with Crippen LogP contribution in [0.15, 0.2) is 146 Å². The summed E-state index contributed by atoms with van der Waals surface area (Å²) in [4.78, 5) is 13.7. The van der Waals surface area contributed by atoms with Gasteiger partial charge in [0.25, 0.3) is 0 Å². The molecule has 3 heteroatoms. The molecule has 0 N–H and O–H groups in total. The molecule has 2 heterocycles. The molecule has 0 spiro atoms. The topological polar surface area (TPSA) is 26.9 Å². The van der Waals surface area contributed by atoms with Crippen molar-refractivity contribution in [2.75, 3.05) is 0 Å². The van der Waals surface area contributed by atoms with Gasteiger partial charge in [0.15, 0.2) is 5.78 Å². The van der Waals surface area contributed by atoms with Crippen LogP contribution < -0.4 is 0 Å². The molecule has 0 atom stereocenters. The van der Waals surface area contributed by atoms with Gasteiger partial charge in [-0.05, 0) is 48.5 Å². The molecular weight excluding hydrogens is 488 g/mol. The Balaban J connectivity index is 1.41. The molecule has 0 aliphatic heterocycles. The number of carbonyl (C=O) groups excluding carboxylic acids is 1. The number of fused-ring (bicyclic) bond motifs is 6. The first-order valence-electron chi connectivity index (χ1n) is 13.5. The fourth-order valence-corrected chi connectivity index (χ4v) is 6.17. The zero-order valence-corrected chi connectivity index (χ0v) is 21.7. The molecule has 8 rings (SSSR count). The van der Waals surface area contributed by atoms with Gasteiger partial charge in [-0.2, -0.15) is 0 Å². The van der Waals surface area contributed by atoms with Crippen LogP contribution in [0.1, 0.15) is 15.9 Å². The van der Waals surface area contributed by atoms with Gasteiger partial charge in [0.1, 0.15) is 0 Å². The average molecular weight is 513 g/mol. The van der Waals surface area contributed by atoms with Crippen LogP contribution in [0.2, 0.25) is 0 Å². The lowest BCUT2D eigenvalue weighted by Crippen LogP contribution is -2.07. The summed E-state index contributed by atoms with van der Waals surface area (Å²) in [5, 5.41) is 4.79. The second-order valence-corrected chi connectivity index (χ2v) is 10.1. The first-order chi connectivity index (χ1) is 19.8. The van der Waals surface area contributed by atoms with E-state index in [0.717, 1.165) is 33.2 Å². The van der Waals surface area contributed by atoms with E-state index in [0.29, 0.717) is 11.1 Å². The number of carbonyl (C=O) groups is 1.